The number of pyridine rings is 1. The van der Waals surface area contributed by atoms with Gasteiger partial charge in [0.1, 0.15) is 11.6 Å². The summed E-state index contributed by atoms with van der Waals surface area (Å²) in [5, 5.41) is 5.87. The Balaban J connectivity index is 1.88. The van der Waals surface area contributed by atoms with Gasteiger partial charge in [-0.25, -0.2) is 9.37 Å². The average Bonchev–Trinajstić information content (AvgIpc) is 2.55. The van der Waals surface area contributed by atoms with E-state index >= 15 is 0 Å². The van der Waals surface area contributed by atoms with Crippen molar-refractivity contribution < 1.29 is 9.18 Å². The van der Waals surface area contributed by atoms with Crippen molar-refractivity contribution in [3.63, 3.8) is 0 Å². The Kier molecular flexibility index (Phi) is 5.89. The molecule has 0 bridgehead atoms. The zero-order valence-electron chi connectivity index (χ0n) is 12.6. The first-order valence-corrected chi connectivity index (χ1v) is 7.42. The average molecular weight is 301 g/mol. The predicted molar refractivity (Wildman–Crippen MR) is 85.2 cm³/mol. The number of nitrogens with zero attached hydrogens (tertiary/aromatic N) is 1. The molecule has 1 amide bonds. The summed E-state index contributed by atoms with van der Waals surface area (Å²) in [6.07, 6.45) is 3.71. The van der Waals surface area contributed by atoms with E-state index in [2.05, 4.69) is 22.5 Å². The number of unbranched alkanes of at least 4 members (excludes halogenated alkanes) is 1. The van der Waals surface area contributed by atoms with Crippen LogP contribution in [0.1, 0.15) is 35.7 Å². The van der Waals surface area contributed by atoms with Gasteiger partial charge in [0.15, 0.2) is 0 Å². The summed E-state index contributed by atoms with van der Waals surface area (Å²) in [6, 6.07) is 9.86. The second-order valence-electron chi connectivity index (χ2n) is 4.99. The van der Waals surface area contributed by atoms with E-state index in [1.807, 2.05) is 0 Å². The van der Waals surface area contributed by atoms with Crippen LogP contribution in [0, 0.1) is 5.82 Å². The van der Waals surface area contributed by atoms with E-state index in [1.165, 1.54) is 12.3 Å². The molecule has 1 aromatic carbocycles. The predicted octanol–water partition coefficient (Wildman–Crippen LogP) is 3.36. The molecule has 5 heteroatoms. The second-order valence-corrected chi connectivity index (χ2v) is 4.99. The molecule has 0 unspecified atom stereocenters. The highest BCUT2D eigenvalue weighted by atomic mass is 19.1. The maximum atomic E-state index is 13.5. The number of nitrogens with one attached hydrogen (secondary N) is 2. The molecule has 1 heterocycles. The summed E-state index contributed by atoms with van der Waals surface area (Å²) >= 11 is 0. The van der Waals surface area contributed by atoms with Gasteiger partial charge in [0, 0.05) is 24.8 Å². The van der Waals surface area contributed by atoms with E-state index in [9.17, 15) is 9.18 Å². The molecule has 2 aromatic rings. The third kappa shape index (κ3) is 4.55. The van der Waals surface area contributed by atoms with Crippen LogP contribution in [0.3, 0.4) is 0 Å². The molecule has 4 nitrogen and oxygen atoms in total. The third-order valence-electron chi connectivity index (χ3n) is 3.26. The third-order valence-corrected chi connectivity index (χ3v) is 3.26. The van der Waals surface area contributed by atoms with Crippen LogP contribution in [0.25, 0.3) is 0 Å². The lowest BCUT2D eigenvalue weighted by Crippen LogP contribution is -2.23. The monoisotopic (exact) mass is 301 g/mol. The molecule has 0 saturated carbocycles. The number of benzene rings is 1. The van der Waals surface area contributed by atoms with Gasteiger partial charge in [0.25, 0.3) is 5.91 Å². The summed E-state index contributed by atoms with van der Waals surface area (Å²) in [7, 11) is 0. The van der Waals surface area contributed by atoms with Crippen molar-refractivity contribution in [3.8, 4) is 0 Å². The van der Waals surface area contributed by atoms with Crippen LogP contribution < -0.4 is 10.6 Å². The van der Waals surface area contributed by atoms with Gasteiger partial charge in [0.05, 0.1) is 5.56 Å². The van der Waals surface area contributed by atoms with Gasteiger partial charge < -0.3 is 10.6 Å². The van der Waals surface area contributed by atoms with Gasteiger partial charge in [-0.3, -0.25) is 4.79 Å². The highest BCUT2D eigenvalue weighted by Gasteiger charge is 2.07. The Bertz CT molecular complexity index is 614. The van der Waals surface area contributed by atoms with Crippen molar-refractivity contribution in [1.82, 2.24) is 10.3 Å². The highest BCUT2D eigenvalue weighted by Crippen LogP contribution is 2.08. The largest absolute Gasteiger partial charge is 0.370 e. The van der Waals surface area contributed by atoms with E-state index < -0.39 is 0 Å². The fourth-order valence-electron chi connectivity index (χ4n) is 1.95. The lowest BCUT2D eigenvalue weighted by Gasteiger charge is -2.07. The minimum Gasteiger partial charge on any atom is -0.370 e. The summed E-state index contributed by atoms with van der Waals surface area (Å²) in [5.41, 5.74) is 0.916. The summed E-state index contributed by atoms with van der Waals surface area (Å²) in [4.78, 5) is 16.2. The Morgan fingerprint density at radius 1 is 1.23 bits per heavy atom. The lowest BCUT2D eigenvalue weighted by atomic mass is 10.2. The van der Waals surface area contributed by atoms with Crippen molar-refractivity contribution >= 4 is 11.7 Å². The fourth-order valence-corrected chi connectivity index (χ4v) is 1.95. The van der Waals surface area contributed by atoms with Crippen molar-refractivity contribution in [2.45, 2.75) is 26.3 Å². The van der Waals surface area contributed by atoms with Gasteiger partial charge >= 0.3 is 0 Å². The number of anilines is 1. The fraction of sp³-hybridized carbons (Fsp3) is 0.294. The number of amides is 1. The SMILES string of the molecule is CCCCNc1ccc(C(=O)NCc2ccccc2F)cn1. The van der Waals surface area contributed by atoms with Crippen LogP contribution in [0.5, 0.6) is 0 Å². The molecule has 116 valence electrons. The van der Waals surface area contributed by atoms with Gasteiger partial charge in [-0.15, -0.1) is 0 Å². The van der Waals surface area contributed by atoms with Crippen LogP contribution in [-0.4, -0.2) is 17.4 Å². The van der Waals surface area contributed by atoms with Crippen LogP contribution >= 0.6 is 0 Å². The minimum atomic E-state index is -0.323. The standard InChI is InChI=1S/C17H20FN3O/c1-2-3-10-19-16-9-8-14(12-20-16)17(22)21-11-13-6-4-5-7-15(13)18/h4-9,12H,2-3,10-11H2,1H3,(H,19,20)(H,21,22). The van der Waals surface area contributed by atoms with E-state index in [4.69, 9.17) is 0 Å². The number of carbonyl (C=O) groups excluding carboxylic acids is 1. The van der Waals surface area contributed by atoms with Gasteiger partial charge in [0.2, 0.25) is 0 Å². The molecule has 2 N–H and O–H groups in total. The van der Waals surface area contributed by atoms with E-state index in [1.54, 1.807) is 30.3 Å². The van der Waals surface area contributed by atoms with Gasteiger partial charge in [-0.2, -0.15) is 0 Å². The van der Waals surface area contributed by atoms with Gasteiger partial charge in [-0.1, -0.05) is 31.5 Å². The van der Waals surface area contributed by atoms with Crippen molar-refractivity contribution in [1.29, 1.82) is 0 Å². The molecule has 0 atom stereocenters. The molecule has 1 aromatic heterocycles. The van der Waals surface area contributed by atoms with Crippen molar-refractivity contribution in [2.24, 2.45) is 0 Å². The summed E-state index contributed by atoms with van der Waals surface area (Å²) in [6.45, 7) is 3.14. The molecule has 0 aliphatic carbocycles. The molecule has 0 aliphatic rings. The maximum Gasteiger partial charge on any atom is 0.253 e. The first-order chi connectivity index (χ1) is 10.7. The molecule has 0 fully saturated rings. The molecule has 22 heavy (non-hydrogen) atoms. The van der Waals surface area contributed by atoms with Crippen molar-refractivity contribution in [2.75, 3.05) is 11.9 Å². The summed E-state index contributed by atoms with van der Waals surface area (Å²) in [5.74, 6) is 0.159. The van der Waals surface area contributed by atoms with Crippen molar-refractivity contribution in [3.05, 3.63) is 59.5 Å². The molecule has 0 spiro atoms. The zero-order chi connectivity index (χ0) is 15.8. The molecule has 2 rings (SSSR count). The first kappa shape index (κ1) is 15.9. The van der Waals surface area contributed by atoms with E-state index in [0.29, 0.717) is 11.1 Å². The number of carbonyl (C=O) groups is 1. The quantitative estimate of drug-likeness (QED) is 0.771. The summed E-state index contributed by atoms with van der Waals surface area (Å²) < 4.78 is 13.5. The zero-order valence-corrected chi connectivity index (χ0v) is 12.6. The Morgan fingerprint density at radius 3 is 2.73 bits per heavy atom. The molecular formula is C17H20FN3O. The van der Waals surface area contributed by atoms with E-state index in [-0.39, 0.29) is 18.3 Å². The van der Waals surface area contributed by atoms with Crippen LogP contribution in [-0.2, 0) is 6.54 Å². The first-order valence-electron chi connectivity index (χ1n) is 7.42. The Labute approximate surface area is 129 Å². The number of aromatic nitrogens is 1. The molecule has 0 radical (unpaired) electrons. The topological polar surface area (TPSA) is 54.0 Å². The molecule has 0 saturated heterocycles. The van der Waals surface area contributed by atoms with Gasteiger partial charge in [-0.05, 0) is 24.6 Å². The number of hydrogen-bond acceptors (Lipinski definition) is 3. The Hall–Kier alpha value is -2.43. The maximum absolute atomic E-state index is 13.5. The number of hydrogen-bond donors (Lipinski definition) is 2. The second kappa shape index (κ2) is 8.12. The van der Waals surface area contributed by atoms with Crippen LogP contribution in [0.15, 0.2) is 42.6 Å². The lowest BCUT2D eigenvalue weighted by molar-refractivity contribution is 0.0950. The highest BCUT2D eigenvalue weighted by molar-refractivity contribution is 5.94. The number of rotatable bonds is 7. The normalized spacial score (nSPS) is 10.3. The smallest absolute Gasteiger partial charge is 0.253 e. The van der Waals surface area contributed by atoms with Crippen LogP contribution in [0.4, 0.5) is 10.2 Å². The minimum absolute atomic E-state index is 0.155. The Morgan fingerprint density at radius 2 is 2.05 bits per heavy atom. The number of halogens is 1. The molecular weight excluding hydrogens is 281 g/mol. The molecule has 0 aliphatic heterocycles. The van der Waals surface area contributed by atoms with Crippen LogP contribution in [0.2, 0.25) is 0 Å². The van der Waals surface area contributed by atoms with E-state index in [0.717, 1.165) is 25.2 Å².